The van der Waals surface area contributed by atoms with E-state index in [1.807, 2.05) is 14.1 Å². The van der Waals surface area contributed by atoms with Crippen LogP contribution < -0.4 is 0 Å². The van der Waals surface area contributed by atoms with Gasteiger partial charge < -0.3 is 14.7 Å². The molecule has 1 N–H and O–H groups in total. The van der Waals surface area contributed by atoms with E-state index in [1.165, 1.54) is 0 Å². The first-order chi connectivity index (χ1) is 9.15. The molecule has 4 unspecified atom stereocenters. The third kappa shape index (κ3) is 3.45. The molecule has 4 atom stereocenters. The first kappa shape index (κ1) is 15.2. The van der Waals surface area contributed by atoms with E-state index in [2.05, 4.69) is 0 Å². The fraction of sp³-hybridized carbons (Fsp3) is 1.00. The Balaban J connectivity index is 2.14. The van der Waals surface area contributed by atoms with Crippen molar-refractivity contribution in [1.82, 2.24) is 10.1 Å². The smallest absolute Gasteiger partial charge is 0.150 e. The largest absolute Gasteiger partial charge is 0.393 e. The summed E-state index contributed by atoms with van der Waals surface area (Å²) in [4.78, 5) is 10.9. The minimum Gasteiger partial charge on any atom is -0.393 e. The summed E-state index contributed by atoms with van der Waals surface area (Å²) in [5.74, 6) is 0.146. The van der Waals surface area contributed by atoms with Crippen molar-refractivity contribution in [2.75, 3.05) is 34.4 Å². The summed E-state index contributed by atoms with van der Waals surface area (Å²) in [6, 6.07) is -0.0365. The highest BCUT2D eigenvalue weighted by atomic mass is 16.7. The van der Waals surface area contributed by atoms with Gasteiger partial charge >= 0.3 is 0 Å². The second kappa shape index (κ2) is 6.97. The van der Waals surface area contributed by atoms with Gasteiger partial charge in [-0.15, -0.1) is 0 Å². The molecule has 2 fully saturated rings. The summed E-state index contributed by atoms with van der Waals surface area (Å²) in [5, 5.41) is 13.8. The molecule has 0 bridgehead atoms. The molecule has 6 heteroatoms. The summed E-state index contributed by atoms with van der Waals surface area (Å²) in [6.07, 6.45) is 3.58. The molecular weight excluding hydrogens is 248 g/mol. The van der Waals surface area contributed by atoms with Gasteiger partial charge in [0.15, 0.2) is 6.23 Å². The van der Waals surface area contributed by atoms with E-state index in [9.17, 15) is 5.11 Å². The standard InChI is InChI=1S/C13H26N2O4/c1-14(17-3)12(10-6-4-5-7-11(10)16)13-15(2)19-9-8-18-13/h10-13,16H,4-9H2,1-3H3. The highest BCUT2D eigenvalue weighted by molar-refractivity contribution is 4.88. The number of likely N-dealkylation sites (N-methyl/N-ethyl adjacent to an activating group) is 2. The molecule has 112 valence electrons. The lowest BCUT2D eigenvalue weighted by molar-refractivity contribution is -0.329. The van der Waals surface area contributed by atoms with Crippen molar-refractivity contribution in [2.24, 2.45) is 5.92 Å². The van der Waals surface area contributed by atoms with Gasteiger partial charge in [0.25, 0.3) is 0 Å². The lowest BCUT2D eigenvalue weighted by atomic mass is 9.80. The molecule has 0 radical (unpaired) electrons. The van der Waals surface area contributed by atoms with Crippen LogP contribution in [0.5, 0.6) is 0 Å². The molecule has 1 saturated heterocycles. The van der Waals surface area contributed by atoms with Crippen molar-refractivity contribution in [2.45, 2.75) is 44.1 Å². The van der Waals surface area contributed by atoms with Crippen LogP contribution in [0, 0.1) is 5.92 Å². The summed E-state index contributed by atoms with van der Waals surface area (Å²) >= 11 is 0. The molecule has 1 aliphatic heterocycles. The van der Waals surface area contributed by atoms with Gasteiger partial charge in [-0.05, 0) is 12.8 Å². The van der Waals surface area contributed by atoms with Gasteiger partial charge in [0.1, 0.15) is 0 Å². The molecule has 0 aromatic carbocycles. The molecule has 19 heavy (non-hydrogen) atoms. The van der Waals surface area contributed by atoms with Crippen LogP contribution in [0.4, 0.5) is 0 Å². The molecule has 1 aliphatic carbocycles. The molecular formula is C13H26N2O4. The monoisotopic (exact) mass is 274 g/mol. The summed E-state index contributed by atoms with van der Waals surface area (Å²) in [7, 11) is 5.40. The van der Waals surface area contributed by atoms with E-state index in [1.54, 1.807) is 17.2 Å². The number of hydrogen-bond acceptors (Lipinski definition) is 6. The first-order valence-electron chi connectivity index (χ1n) is 7.07. The van der Waals surface area contributed by atoms with Gasteiger partial charge in [-0.1, -0.05) is 12.8 Å². The van der Waals surface area contributed by atoms with Crippen LogP contribution in [0.1, 0.15) is 25.7 Å². The zero-order valence-electron chi connectivity index (χ0n) is 12.1. The minimum atomic E-state index is -0.296. The lowest BCUT2D eigenvalue weighted by Crippen LogP contribution is -2.58. The quantitative estimate of drug-likeness (QED) is 0.759. The maximum absolute atomic E-state index is 10.3. The van der Waals surface area contributed by atoms with Crippen LogP contribution in [0.15, 0.2) is 0 Å². The highest BCUT2D eigenvalue weighted by Crippen LogP contribution is 2.33. The van der Waals surface area contributed by atoms with Gasteiger partial charge in [-0.25, -0.2) is 0 Å². The van der Waals surface area contributed by atoms with Crippen molar-refractivity contribution in [3.05, 3.63) is 0 Å². The third-order valence-corrected chi connectivity index (χ3v) is 4.25. The van der Waals surface area contributed by atoms with Gasteiger partial charge in [0, 0.05) is 20.0 Å². The van der Waals surface area contributed by atoms with Gasteiger partial charge in [-0.2, -0.15) is 10.1 Å². The van der Waals surface area contributed by atoms with E-state index in [0.717, 1.165) is 25.7 Å². The second-order valence-corrected chi connectivity index (χ2v) is 5.38. The number of nitrogens with zero attached hydrogens (tertiary/aromatic N) is 2. The summed E-state index contributed by atoms with van der Waals surface area (Å²) in [6.45, 7) is 1.15. The molecule has 1 heterocycles. The molecule has 0 spiro atoms. The van der Waals surface area contributed by atoms with Gasteiger partial charge in [-0.3, -0.25) is 4.84 Å². The van der Waals surface area contributed by atoms with E-state index in [-0.39, 0.29) is 24.3 Å². The zero-order valence-corrected chi connectivity index (χ0v) is 12.1. The number of aliphatic hydroxyl groups excluding tert-OH is 1. The van der Waals surface area contributed by atoms with Crippen LogP contribution in [0.25, 0.3) is 0 Å². The topological polar surface area (TPSA) is 54.4 Å². The number of hydroxylamine groups is 4. The number of ether oxygens (including phenoxy) is 1. The molecule has 6 nitrogen and oxygen atoms in total. The zero-order chi connectivity index (χ0) is 13.8. The number of aliphatic hydroxyl groups is 1. The van der Waals surface area contributed by atoms with Crippen LogP contribution in [-0.4, -0.2) is 68.0 Å². The summed E-state index contributed by atoms with van der Waals surface area (Å²) < 4.78 is 5.85. The van der Waals surface area contributed by atoms with Gasteiger partial charge in [0.05, 0.1) is 32.5 Å². The van der Waals surface area contributed by atoms with Crippen molar-refractivity contribution in [3.8, 4) is 0 Å². The number of rotatable bonds is 4. The Labute approximate surface area is 115 Å². The molecule has 0 aromatic rings. The second-order valence-electron chi connectivity index (χ2n) is 5.38. The Morgan fingerprint density at radius 1 is 1.32 bits per heavy atom. The van der Waals surface area contributed by atoms with Crippen molar-refractivity contribution in [3.63, 3.8) is 0 Å². The lowest BCUT2D eigenvalue weighted by Gasteiger charge is -2.45. The maximum Gasteiger partial charge on any atom is 0.150 e. The first-order valence-corrected chi connectivity index (χ1v) is 7.07. The average Bonchev–Trinajstić information content (AvgIpc) is 2.43. The fourth-order valence-corrected chi connectivity index (χ4v) is 3.16. The molecule has 0 aromatic heterocycles. The SMILES string of the molecule is CON(C)C(C1CCCCC1O)C1OCCON1C. The van der Waals surface area contributed by atoms with E-state index >= 15 is 0 Å². The Bertz CT molecular complexity index is 257. The van der Waals surface area contributed by atoms with E-state index in [4.69, 9.17) is 14.4 Å². The Hall–Kier alpha value is -0.240. The van der Waals surface area contributed by atoms with Crippen molar-refractivity contribution in [1.29, 1.82) is 0 Å². The third-order valence-electron chi connectivity index (χ3n) is 4.25. The van der Waals surface area contributed by atoms with Crippen LogP contribution in [0.2, 0.25) is 0 Å². The predicted octanol–water partition coefficient (Wildman–Crippen LogP) is 0.619. The molecule has 0 amide bonds. The van der Waals surface area contributed by atoms with Crippen molar-refractivity contribution < 1.29 is 19.5 Å². The van der Waals surface area contributed by atoms with Crippen molar-refractivity contribution >= 4 is 0 Å². The van der Waals surface area contributed by atoms with Crippen LogP contribution >= 0.6 is 0 Å². The van der Waals surface area contributed by atoms with Crippen LogP contribution in [0.3, 0.4) is 0 Å². The number of hydrogen-bond donors (Lipinski definition) is 1. The van der Waals surface area contributed by atoms with Crippen LogP contribution in [-0.2, 0) is 14.4 Å². The van der Waals surface area contributed by atoms with E-state index < -0.39 is 0 Å². The minimum absolute atomic E-state index is 0.0365. The Morgan fingerprint density at radius 3 is 2.68 bits per heavy atom. The molecule has 2 aliphatic rings. The normalized spacial score (nSPS) is 35.5. The highest BCUT2D eigenvalue weighted by Gasteiger charge is 2.42. The fourth-order valence-electron chi connectivity index (χ4n) is 3.16. The summed E-state index contributed by atoms with van der Waals surface area (Å²) in [5.41, 5.74) is 0. The Kier molecular flexibility index (Phi) is 5.56. The van der Waals surface area contributed by atoms with Gasteiger partial charge in [0.2, 0.25) is 0 Å². The van der Waals surface area contributed by atoms with E-state index in [0.29, 0.717) is 13.2 Å². The molecule has 1 saturated carbocycles. The predicted molar refractivity (Wildman–Crippen MR) is 70.0 cm³/mol. The maximum atomic E-state index is 10.3. The average molecular weight is 274 g/mol. The molecule has 2 rings (SSSR count). The Morgan fingerprint density at radius 2 is 2.05 bits per heavy atom.